The molecule has 5 heteroatoms. The van der Waals surface area contributed by atoms with Gasteiger partial charge in [0, 0.05) is 25.2 Å². The van der Waals surface area contributed by atoms with Crippen LogP contribution in [0.2, 0.25) is 0 Å². The van der Waals surface area contributed by atoms with E-state index < -0.39 is 0 Å². The van der Waals surface area contributed by atoms with Crippen LogP contribution in [0, 0.1) is 6.92 Å². The fourth-order valence-electron chi connectivity index (χ4n) is 2.66. The molecule has 0 aliphatic heterocycles. The summed E-state index contributed by atoms with van der Waals surface area (Å²) in [7, 11) is 3.21. The highest BCUT2D eigenvalue weighted by molar-refractivity contribution is 5.84. The summed E-state index contributed by atoms with van der Waals surface area (Å²) in [5.74, 6) is -0.245. The molecule has 0 saturated heterocycles. The molecule has 0 spiro atoms. The number of quaternary nitrogens is 1. The first-order chi connectivity index (χ1) is 12.0. The predicted octanol–water partition coefficient (Wildman–Crippen LogP) is 0.852. The van der Waals surface area contributed by atoms with Crippen LogP contribution >= 0.6 is 0 Å². The third kappa shape index (κ3) is 5.43. The highest BCUT2D eigenvalue weighted by atomic mass is 16.2. The molecule has 0 radical (unpaired) electrons. The zero-order valence-corrected chi connectivity index (χ0v) is 15.0. The molecule has 25 heavy (non-hydrogen) atoms. The van der Waals surface area contributed by atoms with Crippen molar-refractivity contribution in [3.8, 4) is 0 Å². The second-order valence-corrected chi connectivity index (χ2v) is 6.16. The van der Waals surface area contributed by atoms with Crippen molar-refractivity contribution in [2.45, 2.75) is 13.0 Å². The minimum atomic E-state index is -0.172. The number of aryl methyl sites for hydroxylation is 1. The van der Waals surface area contributed by atoms with E-state index in [-0.39, 0.29) is 30.9 Å². The van der Waals surface area contributed by atoms with Gasteiger partial charge in [-0.25, -0.2) is 0 Å². The van der Waals surface area contributed by atoms with Crippen LogP contribution in [0.15, 0.2) is 54.6 Å². The van der Waals surface area contributed by atoms with Crippen LogP contribution in [0.4, 0.5) is 0 Å². The minimum Gasteiger partial charge on any atom is -0.358 e. The lowest BCUT2D eigenvalue weighted by Gasteiger charge is -2.19. The quantitative estimate of drug-likeness (QED) is 0.785. The van der Waals surface area contributed by atoms with E-state index in [0.29, 0.717) is 0 Å². The van der Waals surface area contributed by atoms with E-state index in [4.69, 9.17) is 0 Å². The number of carbonyl (C=O) groups is 2. The van der Waals surface area contributed by atoms with Crippen LogP contribution in [0.3, 0.4) is 0 Å². The third-order valence-electron chi connectivity index (χ3n) is 4.21. The summed E-state index contributed by atoms with van der Waals surface area (Å²) in [6.07, 6.45) is 0. The second kappa shape index (κ2) is 8.99. The summed E-state index contributed by atoms with van der Waals surface area (Å²) in [5, 5.41) is 4.55. The molecule has 2 aromatic carbocycles. The fraction of sp³-hybridized carbons (Fsp3) is 0.300. The van der Waals surface area contributed by atoms with Gasteiger partial charge in [0.2, 0.25) is 5.91 Å². The maximum Gasteiger partial charge on any atom is 0.277 e. The topological polar surface area (TPSA) is 66.0 Å². The van der Waals surface area contributed by atoms with E-state index >= 15 is 0 Å². The van der Waals surface area contributed by atoms with Crippen molar-refractivity contribution in [2.24, 2.45) is 0 Å². The second-order valence-electron chi connectivity index (χ2n) is 6.16. The van der Waals surface area contributed by atoms with E-state index in [1.165, 1.54) is 10.5 Å². The molecule has 0 aliphatic carbocycles. The average Bonchev–Trinajstić information content (AvgIpc) is 2.63. The molecule has 3 N–H and O–H groups in total. The van der Waals surface area contributed by atoms with E-state index in [1.807, 2.05) is 23.5 Å². The number of rotatable bonds is 7. The average molecular weight is 340 g/mol. The Bertz CT molecular complexity index is 699. The molecule has 0 saturated carbocycles. The van der Waals surface area contributed by atoms with Gasteiger partial charge in [-0.05, 0) is 6.92 Å². The molecular weight excluding hydrogens is 314 g/mol. The number of carbonyl (C=O) groups excluding carboxylic acids is 2. The Morgan fingerprint density at radius 3 is 2.24 bits per heavy atom. The monoisotopic (exact) mass is 340 g/mol. The maximum absolute atomic E-state index is 12.3. The van der Waals surface area contributed by atoms with Gasteiger partial charge in [-0.1, -0.05) is 60.2 Å². The highest BCUT2D eigenvalue weighted by Gasteiger charge is 2.20. The van der Waals surface area contributed by atoms with Crippen LogP contribution in [0.5, 0.6) is 0 Å². The molecule has 1 atom stereocenters. The van der Waals surface area contributed by atoms with Crippen molar-refractivity contribution in [3.05, 3.63) is 71.3 Å². The molecule has 5 nitrogen and oxygen atoms in total. The molecule has 132 valence electrons. The number of nitrogens with zero attached hydrogens (tertiary/aromatic N) is 1. The van der Waals surface area contributed by atoms with E-state index in [0.717, 1.165) is 11.1 Å². The van der Waals surface area contributed by atoms with Crippen molar-refractivity contribution < 1.29 is 14.9 Å². The van der Waals surface area contributed by atoms with Gasteiger partial charge in [0.25, 0.3) is 5.91 Å². The summed E-state index contributed by atoms with van der Waals surface area (Å²) < 4.78 is 0. The molecule has 2 rings (SSSR count). The SMILES string of the molecule is CNC(=O)CN(C)C(=O)C[NH2+][C@@H](c1ccccc1)c1ccc(C)cc1. The van der Waals surface area contributed by atoms with Gasteiger partial charge in [-0.2, -0.15) is 0 Å². The number of benzene rings is 2. The third-order valence-corrected chi connectivity index (χ3v) is 4.21. The standard InChI is InChI=1S/C20H25N3O2/c1-15-9-11-17(12-10-15)20(16-7-5-4-6-8-16)22-13-19(25)23(3)14-18(24)21-2/h4-12,20,22H,13-14H2,1-3H3,(H,21,24)/p+1/t20-/m0/s1. The van der Waals surface area contributed by atoms with Crippen LogP contribution in [0.25, 0.3) is 0 Å². The summed E-state index contributed by atoms with van der Waals surface area (Å²) in [6.45, 7) is 2.41. The van der Waals surface area contributed by atoms with Crippen molar-refractivity contribution in [2.75, 3.05) is 27.2 Å². The smallest absolute Gasteiger partial charge is 0.277 e. The van der Waals surface area contributed by atoms with Crippen LogP contribution in [-0.2, 0) is 9.59 Å². The Kier molecular flexibility index (Phi) is 6.71. The lowest BCUT2D eigenvalue weighted by atomic mass is 9.98. The number of nitrogens with one attached hydrogen (secondary N) is 1. The van der Waals surface area contributed by atoms with Crippen LogP contribution in [0.1, 0.15) is 22.7 Å². The summed E-state index contributed by atoms with van der Waals surface area (Å²) in [5.41, 5.74) is 3.50. The zero-order valence-electron chi connectivity index (χ0n) is 15.0. The van der Waals surface area contributed by atoms with Crippen molar-refractivity contribution in [1.29, 1.82) is 0 Å². The number of hydrogen-bond acceptors (Lipinski definition) is 2. The largest absolute Gasteiger partial charge is 0.358 e. The lowest BCUT2D eigenvalue weighted by Crippen LogP contribution is -2.87. The van der Waals surface area contributed by atoms with Crippen molar-refractivity contribution >= 4 is 11.8 Å². The Hall–Kier alpha value is -2.66. The van der Waals surface area contributed by atoms with Gasteiger partial charge in [0.1, 0.15) is 6.04 Å². The Morgan fingerprint density at radius 1 is 1.04 bits per heavy atom. The first-order valence-electron chi connectivity index (χ1n) is 8.40. The molecule has 0 fully saturated rings. The lowest BCUT2D eigenvalue weighted by molar-refractivity contribution is -0.677. The van der Waals surface area contributed by atoms with Crippen molar-refractivity contribution in [1.82, 2.24) is 10.2 Å². The van der Waals surface area contributed by atoms with Gasteiger partial charge in [0.05, 0.1) is 6.54 Å². The zero-order chi connectivity index (χ0) is 18.2. The molecule has 0 aromatic heterocycles. The maximum atomic E-state index is 12.3. The molecule has 0 unspecified atom stereocenters. The molecular formula is C20H26N3O2+. The Balaban J connectivity index is 2.10. The first-order valence-corrected chi connectivity index (χ1v) is 8.40. The number of likely N-dealkylation sites (N-methyl/N-ethyl adjacent to an activating group) is 2. The minimum absolute atomic E-state index is 0.0409. The molecule has 0 aliphatic rings. The van der Waals surface area contributed by atoms with Crippen molar-refractivity contribution in [3.63, 3.8) is 0 Å². The van der Waals surface area contributed by atoms with Crippen LogP contribution in [-0.4, -0.2) is 43.9 Å². The van der Waals surface area contributed by atoms with Gasteiger partial charge in [-0.15, -0.1) is 0 Å². The summed E-state index contributed by atoms with van der Waals surface area (Å²) >= 11 is 0. The van der Waals surface area contributed by atoms with E-state index in [2.05, 4.69) is 48.6 Å². The van der Waals surface area contributed by atoms with E-state index in [9.17, 15) is 9.59 Å². The number of amides is 2. The number of hydrogen-bond donors (Lipinski definition) is 2. The van der Waals surface area contributed by atoms with Gasteiger partial charge in [-0.3, -0.25) is 9.59 Å². The Morgan fingerprint density at radius 2 is 1.64 bits per heavy atom. The van der Waals surface area contributed by atoms with E-state index in [1.54, 1.807) is 14.1 Å². The molecule has 0 bridgehead atoms. The summed E-state index contributed by atoms with van der Waals surface area (Å²) in [4.78, 5) is 25.2. The predicted molar refractivity (Wildman–Crippen MR) is 98.0 cm³/mol. The van der Waals surface area contributed by atoms with Gasteiger partial charge < -0.3 is 15.5 Å². The first kappa shape index (κ1) is 18.7. The molecule has 2 amide bonds. The van der Waals surface area contributed by atoms with Gasteiger partial charge >= 0.3 is 0 Å². The summed E-state index contributed by atoms with van der Waals surface area (Å²) in [6, 6.07) is 18.5. The van der Waals surface area contributed by atoms with Gasteiger partial charge in [0.15, 0.2) is 6.54 Å². The number of nitrogens with two attached hydrogens (primary N) is 1. The molecule has 0 heterocycles. The van der Waals surface area contributed by atoms with Crippen LogP contribution < -0.4 is 10.6 Å². The molecule has 2 aromatic rings. The Labute approximate surface area is 149 Å². The highest BCUT2D eigenvalue weighted by Crippen LogP contribution is 2.18. The normalized spacial score (nSPS) is 11.6. The fourth-order valence-corrected chi connectivity index (χ4v) is 2.66.